The molecule has 0 radical (unpaired) electrons. The quantitative estimate of drug-likeness (QED) is 0.755. The second-order valence-electron chi connectivity index (χ2n) is 6.67. The number of nitrogens with two attached hydrogens (primary N) is 1. The van der Waals surface area contributed by atoms with Crippen molar-refractivity contribution in [2.24, 2.45) is 17.6 Å². The summed E-state index contributed by atoms with van der Waals surface area (Å²) in [5, 5.41) is 0. The Morgan fingerprint density at radius 2 is 1.78 bits per heavy atom. The highest BCUT2D eigenvalue weighted by Crippen LogP contribution is 2.24. The Kier molecular flexibility index (Phi) is 7.20. The van der Waals surface area contributed by atoms with E-state index in [9.17, 15) is 0 Å². The van der Waals surface area contributed by atoms with E-state index < -0.39 is 0 Å². The van der Waals surface area contributed by atoms with Gasteiger partial charge in [-0.1, -0.05) is 26.7 Å². The van der Waals surface area contributed by atoms with Crippen molar-refractivity contribution in [2.45, 2.75) is 45.6 Å². The molecule has 2 N–H and O–H groups in total. The number of hydrogen-bond acceptors (Lipinski definition) is 3. The Morgan fingerprint density at radius 1 is 1.11 bits per heavy atom. The van der Waals surface area contributed by atoms with Crippen molar-refractivity contribution in [3.63, 3.8) is 0 Å². The molecule has 1 saturated carbocycles. The molecule has 1 fully saturated rings. The molecule has 2 unspecified atom stereocenters. The first-order valence-corrected chi connectivity index (χ1v) is 7.61. The summed E-state index contributed by atoms with van der Waals surface area (Å²) in [5.74, 6) is 1.46. The topological polar surface area (TPSA) is 32.5 Å². The minimum absolute atomic E-state index is 0.438. The molecule has 1 aliphatic rings. The SMILES string of the molecule is CC(C)CN(CCN(C)C)CC1CCCCC1N. The molecule has 0 aromatic carbocycles. The molecule has 0 bridgehead atoms. The number of hydrogen-bond donors (Lipinski definition) is 1. The van der Waals surface area contributed by atoms with E-state index in [1.165, 1.54) is 45.3 Å². The van der Waals surface area contributed by atoms with Crippen LogP contribution in [0.3, 0.4) is 0 Å². The van der Waals surface area contributed by atoms with E-state index in [1.807, 2.05) is 0 Å². The Labute approximate surface area is 114 Å². The third kappa shape index (κ3) is 6.17. The number of rotatable bonds is 7. The molecule has 2 atom stereocenters. The van der Waals surface area contributed by atoms with E-state index in [2.05, 4.69) is 37.7 Å². The van der Waals surface area contributed by atoms with Gasteiger partial charge in [0.05, 0.1) is 0 Å². The maximum absolute atomic E-state index is 6.28. The molecule has 0 spiro atoms. The Bertz CT molecular complexity index is 216. The molecule has 3 nitrogen and oxygen atoms in total. The molecule has 18 heavy (non-hydrogen) atoms. The first-order valence-electron chi connectivity index (χ1n) is 7.61. The van der Waals surface area contributed by atoms with Gasteiger partial charge in [-0.15, -0.1) is 0 Å². The summed E-state index contributed by atoms with van der Waals surface area (Å²) in [5.41, 5.74) is 6.28. The van der Waals surface area contributed by atoms with Gasteiger partial charge in [-0.3, -0.25) is 0 Å². The van der Waals surface area contributed by atoms with E-state index >= 15 is 0 Å². The zero-order valence-electron chi connectivity index (χ0n) is 12.9. The summed E-state index contributed by atoms with van der Waals surface area (Å²) in [6.45, 7) is 9.35. The van der Waals surface area contributed by atoms with Gasteiger partial charge < -0.3 is 15.5 Å². The second-order valence-corrected chi connectivity index (χ2v) is 6.67. The zero-order valence-corrected chi connectivity index (χ0v) is 12.9. The Morgan fingerprint density at radius 3 is 2.33 bits per heavy atom. The fraction of sp³-hybridized carbons (Fsp3) is 1.00. The number of likely N-dealkylation sites (N-methyl/N-ethyl adjacent to an activating group) is 1. The van der Waals surface area contributed by atoms with Crippen molar-refractivity contribution < 1.29 is 0 Å². The predicted octanol–water partition coefficient (Wildman–Crippen LogP) is 2.02. The van der Waals surface area contributed by atoms with E-state index in [0.29, 0.717) is 6.04 Å². The fourth-order valence-corrected chi connectivity index (χ4v) is 2.91. The standard InChI is InChI=1S/C15H33N3/c1-13(2)11-18(10-9-17(3)4)12-14-7-5-6-8-15(14)16/h13-15H,5-12,16H2,1-4H3. The van der Waals surface area contributed by atoms with Crippen LogP contribution in [0.15, 0.2) is 0 Å². The molecule has 1 aliphatic carbocycles. The lowest BCUT2D eigenvalue weighted by atomic mass is 9.84. The Hall–Kier alpha value is -0.120. The van der Waals surface area contributed by atoms with Crippen LogP contribution in [-0.4, -0.2) is 56.1 Å². The molecular weight excluding hydrogens is 222 g/mol. The average molecular weight is 255 g/mol. The maximum Gasteiger partial charge on any atom is 0.0109 e. The van der Waals surface area contributed by atoms with Gasteiger partial charge in [0.1, 0.15) is 0 Å². The largest absolute Gasteiger partial charge is 0.327 e. The van der Waals surface area contributed by atoms with E-state index in [-0.39, 0.29) is 0 Å². The third-order valence-electron chi connectivity index (χ3n) is 3.95. The molecular formula is C15H33N3. The van der Waals surface area contributed by atoms with Crippen LogP contribution in [0.5, 0.6) is 0 Å². The van der Waals surface area contributed by atoms with Crippen molar-refractivity contribution in [1.82, 2.24) is 9.80 Å². The molecule has 1 rings (SSSR count). The minimum atomic E-state index is 0.438. The monoisotopic (exact) mass is 255 g/mol. The van der Waals surface area contributed by atoms with E-state index in [0.717, 1.165) is 18.4 Å². The van der Waals surface area contributed by atoms with Crippen molar-refractivity contribution in [1.29, 1.82) is 0 Å². The fourth-order valence-electron chi connectivity index (χ4n) is 2.91. The zero-order chi connectivity index (χ0) is 13.5. The molecule has 3 heteroatoms. The average Bonchev–Trinajstić information content (AvgIpc) is 2.28. The van der Waals surface area contributed by atoms with Gasteiger partial charge in [-0.05, 0) is 38.8 Å². The molecule has 108 valence electrons. The van der Waals surface area contributed by atoms with Crippen LogP contribution in [0.1, 0.15) is 39.5 Å². The highest BCUT2D eigenvalue weighted by molar-refractivity contribution is 4.81. The van der Waals surface area contributed by atoms with Crippen molar-refractivity contribution >= 4 is 0 Å². The van der Waals surface area contributed by atoms with Crippen LogP contribution in [0.2, 0.25) is 0 Å². The summed E-state index contributed by atoms with van der Waals surface area (Å²) < 4.78 is 0. The molecule has 0 heterocycles. The molecule has 0 aliphatic heterocycles. The molecule has 0 aromatic heterocycles. The van der Waals surface area contributed by atoms with Gasteiger partial charge in [-0.2, -0.15) is 0 Å². The van der Waals surface area contributed by atoms with Gasteiger partial charge in [-0.25, -0.2) is 0 Å². The lowest BCUT2D eigenvalue weighted by molar-refractivity contribution is 0.159. The van der Waals surface area contributed by atoms with Gasteiger partial charge >= 0.3 is 0 Å². The van der Waals surface area contributed by atoms with Crippen molar-refractivity contribution in [3.05, 3.63) is 0 Å². The highest BCUT2D eigenvalue weighted by atomic mass is 15.2. The lowest BCUT2D eigenvalue weighted by Gasteiger charge is -2.35. The third-order valence-corrected chi connectivity index (χ3v) is 3.95. The van der Waals surface area contributed by atoms with Crippen LogP contribution in [-0.2, 0) is 0 Å². The minimum Gasteiger partial charge on any atom is -0.327 e. The van der Waals surface area contributed by atoms with Crippen LogP contribution in [0.25, 0.3) is 0 Å². The summed E-state index contributed by atoms with van der Waals surface area (Å²) in [4.78, 5) is 4.90. The normalized spacial score (nSPS) is 25.3. The van der Waals surface area contributed by atoms with E-state index in [1.54, 1.807) is 0 Å². The highest BCUT2D eigenvalue weighted by Gasteiger charge is 2.24. The van der Waals surface area contributed by atoms with Gasteiger partial charge in [0.2, 0.25) is 0 Å². The predicted molar refractivity (Wildman–Crippen MR) is 79.8 cm³/mol. The summed E-state index contributed by atoms with van der Waals surface area (Å²) >= 11 is 0. The Balaban J connectivity index is 2.42. The van der Waals surface area contributed by atoms with Crippen LogP contribution in [0.4, 0.5) is 0 Å². The van der Waals surface area contributed by atoms with Gasteiger partial charge in [0.25, 0.3) is 0 Å². The smallest absolute Gasteiger partial charge is 0.0109 e. The van der Waals surface area contributed by atoms with Crippen molar-refractivity contribution in [2.75, 3.05) is 40.3 Å². The second kappa shape index (κ2) is 8.13. The summed E-state index contributed by atoms with van der Waals surface area (Å²) in [7, 11) is 4.31. The molecule has 0 aromatic rings. The lowest BCUT2D eigenvalue weighted by Crippen LogP contribution is -2.44. The molecule has 0 saturated heterocycles. The number of nitrogens with zero attached hydrogens (tertiary/aromatic N) is 2. The van der Waals surface area contributed by atoms with Crippen LogP contribution >= 0.6 is 0 Å². The van der Waals surface area contributed by atoms with E-state index in [4.69, 9.17) is 5.73 Å². The first-order chi connectivity index (χ1) is 8.49. The first kappa shape index (κ1) is 15.9. The van der Waals surface area contributed by atoms with Crippen molar-refractivity contribution in [3.8, 4) is 0 Å². The van der Waals surface area contributed by atoms with Gasteiger partial charge in [0, 0.05) is 32.2 Å². The maximum atomic E-state index is 6.28. The summed E-state index contributed by atoms with van der Waals surface area (Å²) in [6, 6.07) is 0.438. The van der Waals surface area contributed by atoms with Crippen LogP contribution in [0, 0.1) is 11.8 Å². The van der Waals surface area contributed by atoms with Crippen LogP contribution < -0.4 is 5.73 Å². The summed E-state index contributed by atoms with van der Waals surface area (Å²) in [6.07, 6.45) is 5.27. The van der Waals surface area contributed by atoms with Gasteiger partial charge in [0.15, 0.2) is 0 Å². The molecule has 0 amide bonds.